The van der Waals surface area contributed by atoms with Gasteiger partial charge in [0.25, 0.3) is 0 Å². The fourth-order valence-corrected chi connectivity index (χ4v) is 2.70. The lowest BCUT2D eigenvalue weighted by molar-refractivity contribution is 0.168. The van der Waals surface area contributed by atoms with Gasteiger partial charge in [0.05, 0.1) is 5.69 Å². The van der Waals surface area contributed by atoms with Gasteiger partial charge in [0.1, 0.15) is 0 Å². The van der Waals surface area contributed by atoms with Gasteiger partial charge in [-0.1, -0.05) is 13.0 Å². The highest BCUT2D eigenvalue weighted by Gasteiger charge is 2.22. The maximum Gasteiger partial charge on any atom is 0.0541 e. The standard InChI is InChI=1S/C15H25N3/c1-3-18-10-7-14(8-11-18)13(2)17-12-15-6-4-5-9-16-15/h4-6,9,13-14,17H,3,7-8,10-12H2,1-2H3. The van der Waals surface area contributed by atoms with Gasteiger partial charge in [-0.25, -0.2) is 0 Å². The number of rotatable bonds is 5. The lowest BCUT2D eigenvalue weighted by atomic mass is 9.90. The Kier molecular flexibility index (Phi) is 5.14. The van der Waals surface area contributed by atoms with Crippen molar-refractivity contribution in [2.45, 2.75) is 39.3 Å². The number of nitrogens with zero attached hydrogens (tertiary/aromatic N) is 2. The summed E-state index contributed by atoms with van der Waals surface area (Å²) in [7, 11) is 0. The van der Waals surface area contributed by atoms with Gasteiger partial charge >= 0.3 is 0 Å². The van der Waals surface area contributed by atoms with E-state index in [0.29, 0.717) is 6.04 Å². The zero-order chi connectivity index (χ0) is 12.8. The Morgan fingerprint density at radius 1 is 1.39 bits per heavy atom. The minimum atomic E-state index is 0.589. The van der Waals surface area contributed by atoms with E-state index in [9.17, 15) is 0 Å². The first-order valence-electron chi connectivity index (χ1n) is 7.15. The highest BCUT2D eigenvalue weighted by molar-refractivity contribution is 5.03. The quantitative estimate of drug-likeness (QED) is 0.865. The Balaban J connectivity index is 1.73. The third-order valence-electron chi connectivity index (χ3n) is 4.12. The van der Waals surface area contributed by atoms with Crippen molar-refractivity contribution < 1.29 is 0 Å². The fraction of sp³-hybridized carbons (Fsp3) is 0.667. The van der Waals surface area contributed by atoms with Gasteiger partial charge in [-0.15, -0.1) is 0 Å². The molecule has 0 bridgehead atoms. The van der Waals surface area contributed by atoms with Gasteiger partial charge in [0.15, 0.2) is 0 Å². The van der Waals surface area contributed by atoms with Crippen LogP contribution in [0.2, 0.25) is 0 Å². The SMILES string of the molecule is CCN1CCC(C(C)NCc2ccccn2)CC1. The van der Waals surface area contributed by atoms with E-state index in [0.717, 1.165) is 18.2 Å². The fourth-order valence-electron chi connectivity index (χ4n) is 2.70. The normalized spacial score (nSPS) is 19.9. The molecule has 1 atom stereocenters. The van der Waals surface area contributed by atoms with E-state index in [1.54, 1.807) is 0 Å². The summed E-state index contributed by atoms with van der Waals surface area (Å²) in [6, 6.07) is 6.69. The van der Waals surface area contributed by atoms with Crippen LogP contribution in [0.1, 0.15) is 32.4 Å². The first kappa shape index (κ1) is 13.5. The van der Waals surface area contributed by atoms with Crippen LogP contribution in [0.5, 0.6) is 0 Å². The van der Waals surface area contributed by atoms with Gasteiger partial charge in [-0.05, 0) is 57.5 Å². The van der Waals surface area contributed by atoms with E-state index in [2.05, 4.69) is 41.2 Å². The number of hydrogen-bond donors (Lipinski definition) is 1. The first-order valence-corrected chi connectivity index (χ1v) is 7.15. The lowest BCUT2D eigenvalue weighted by Gasteiger charge is -2.34. The van der Waals surface area contributed by atoms with Crippen molar-refractivity contribution in [3.63, 3.8) is 0 Å². The molecule has 1 fully saturated rings. The summed E-state index contributed by atoms with van der Waals surface area (Å²) in [4.78, 5) is 6.89. The van der Waals surface area contributed by atoms with Crippen molar-refractivity contribution >= 4 is 0 Å². The Hall–Kier alpha value is -0.930. The molecule has 1 aliphatic rings. The summed E-state index contributed by atoms with van der Waals surface area (Å²) >= 11 is 0. The second-order valence-electron chi connectivity index (χ2n) is 5.26. The van der Waals surface area contributed by atoms with Crippen molar-refractivity contribution in [1.29, 1.82) is 0 Å². The number of likely N-dealkylation sites (tertiary alicyclic amines) is 1. The predicted molar refractivity (Wildman–Crippen MR) is 75.4 cm³/mol. The summed E-state index contributed by atoms with van der Waals surface area (Å²) in [5, 5.41) is 3.62. The summed E-state index contributed by atoms with van der Waals surface area (Å²) in [5.74, 6) is 0.816. The van der Waals surface area contributed by atoms with Crippen LogP contribution in [-0.2, 0) is 6.54 Å². The topological polar surface area (TPSA) is 28.2 Å². The molecule has 0 saturated carbocycles. The molecule has 0 aliphatic carbocycles. The van der Waals surface area contributed by atoms with E-state index in [-0.39, 0.29) is 0 Å². The highest BCUT2D eigenvalue weighted by atomic mass is 15.1. The van der Waals surface area contributed by atoms with Gasteiger partial charge in [-0.2, -0.15) is 0 Å². The first-order chi connectivity index (χ1) is 8.79. The van der Waals surface area contributed by atoms with E-state index in [4.69, 9.17) is 0 Å². The zero-order valence-corrected chi connectivity index (χ0v) is 11.6. The molecule has 18 heavy (non-hydrogen) atoms. The molecule has 3 nitrogen and oxygen atoms in total. The average Bonchev–Trinajstić information content (AvgIpc) is 2.46. The number of hydrogen-bond acceptors (Lipinski definition) is 3. The molecular weight excluding hydrogens is 222 g/mol. The Morgan fingerprint density at radius 2 is 2.17 bits per heavy atom. The molecular formula is C15H25N3. The van der Waals surface area contributed by atoms with E-state index < -0.39 is 0 Å². The van der Waals surface area contributed by atoms with Crippen molar-refractivity contribution in [2.75, 3.05) is 19.6 Å². The molecule has 0 aromatic carbocycles. The van der Waals surface area contributed by atoms with Crippen molar-refractivity contribution in [2.24, 2.45) is 5.92 Å². The van der Waals surface area contributed by atoms with Crippen molar-refractivity contribution in [3.8, 4) is 0 Å². The summed E-state index contributed by atoms with van der Waals surface area (Å²) < 4.78 is 0. The molecule has 2 rings (SSSR count). The molecule has 1 aliphatic heterocycles. The maximum absolute atomic E-state index is 4.35. The third-order valence-corrected chi connectivity index (χ3v) is 4.12. The second kappa shape index (κ2) is 6.86. The second-order valence-corrected chi connectivity index (χ2v) is 5.26. The van der Waals surface area contributed by atoms with Crippen LogP contribution in [-0.4, -0.2) is 35.6 Å². The van der Waals surface area contributed by atoms with Gasteiger partial charge in [0.2, 0.25) is 0 Å². The Labute approximate surface area is 111 Å². The molecule has 1 aromatic heterocycles. The van der Waals surface area contributed by atoms with Crippen LogP contribution < -0.4 is 5.32 Å². The van der Waals surface area contributed by atoms with Gasteiger partial charge < -0.3 is 10.2 Å². The number of nitrogens with one attached hydrogen (secondary N) is 1. The molecule has 1 aromatic rings. The average molecular weight is 247 g/mol. The molecule has 3 heteroatoms. The summed E-state index contributed by atoms with van der Waals surface area (Å²) in [5.41, 5.74) is 1.13. The Morgan fingerprint density at radius 3 is 2.78 bits per heavy atom. The van der Waals surface area contributed by atoms with E-state index in [1.165, 1.54) is 32.5 Å². The third kappa shape index (κ3) is 3.79. The van der Waals surface area contributed by atoms with Crippen LogP contribution in [0.25, 0.3) is 0 Å². The van der Waals surface area contributed by atoms with Crippen LogP contribution in [0.4, 0.5) is 0 Å². The van der Waals surface area contributed by atoms with Gasteiger partial charge in [-0.3, -0.25) is 4.98 Å². The van der Waals surface area contributed by atoms with Gasteiger partial charge in [0, 0.05) is 18.8 Å². The Bertz CT molecular complexity index is 331. The monoisotopic (exact) mass is 247 g/mol. The summed E-state index contributed by atoms with van der Waals surface area (Å²) in [6.07, 6.45) is 4.51. The molecule has 0 radical (unpaired) electrons. The molecule has 1 N–H and O–H groups in total. The predicted octanol–water partition coefficient (Wildman–Crippen LogP) is 2.29. The van der Waals surface area contributed by atoms with E-state index >= 15 is 0 Å². The summed E-state index contributed by atoms with van der Waals surface area (Å²) in [6.45, 7) is 9.17. The molecule has 2 heterocycles. The molecule has 1 saturated heterocycles. The van der Waals surface area contributed by atoms with Crippen LogP contribution in [0.15, 0.2) is 24.4 Å². The van der Waals surface area contributed by atoms with Crippen molar-refractivity contribution in [1.82, 2.24) is 15.2 Å². The van der Waals surface area contributed by atoms with Crippen LogP contribution >= 0.6 is 0 Å². The number of aromatic nitrogens is 1. The minimum Gasteiger partial charge on any atom is -0.308 e. The smallest absolute Gasteiger partial charge is 0.0541 e. The largest absolute Gasteiger partial charge is 0.308 e. The van der Waals surface area contributed by atoms with Crippen LogP contribution in [0.3, 0.4) is 0 Å². The van der Waals surface area contributed by atoms with E-state index in [1.807, 2.05) is 12.3 Å². The van der Waals surface area contributed by atoms with Crippen LogP contribution in [0, 0.1) is 5.92 Å². The molecule has 0 spiro atoms. The maximum atomic E-state index is 4.35. The number of pyridine rings is 1. The minimum absolute atomic E-state index is 0.589. The molecule has 100 valence electrons. The zero-order valence-electron chi connectivity index (χ0n) is 11.6. The van der Waals surface area contributed by atoms with Crippen molar-refractivity contribution in [3.05, 3.63) is 30.1 Å². The molecule has 0 amide bonds. The lowest BCUT2D eigenvalue weighted by Crippen LogP contribution is -2.41. The number of piperidine rings is 1. The highest BCUT2D eigenvalue weighted by Crippen LogP contribution is 2.20. The molecule has 1 unspecified atom stereocenters.